The lowest BCUT2D eigenvalue weighted by molar-refractivity contribution is -0.140. The third-order valence-corrected chi connectivity index (χ3v) is 6.42. The molecule has 0 radical (unpaired) electrons. The number of unbranched alkanes of at least 4 members (excludes halogenated alkanes) is 2. The molecule has 1 fully saturated rings. The molecule has 0 unspecified atom stereocenters. The topological polar surface area (TPSA) is 66.8 Å². The summed E-state index contributed by atoms with van der Waals surface area (Å²) in [4.78, 5) is 11.1. The Balaban J connectivity index is 2.59. The lowest BCUT2D eigenvalue weighted by Crippen LogP contribution is -2.28. The van der Waals surface area contributed by atoms with Crippen LogP contribution in [0.1, 0.15) is 72.1 Å². The van der Waals surface area contributed by atoms with E-state index < -0.39 is 12.2 Å². The molecule has 0 aromatic carbocycles. The second-order valence-electron chi connectivity index (χ2n) is 8.66. The number of ether oxygens (including phenoxy) is 1. The van der Waals surface area contributed by atoms with E-state index in [0.29, 0.717) is 12.8 Å². The number of aliphatic hydroxyl groups is 2. The van der Waals surface area contributed by atoms with Crippen molar-refractivity contribution in [2.75, 3.05) is 7.11 Å². The Kier molecular flexibility index (Phi) is 11.4. The number of hydrogen-bond donors (Lipinski definition) is 2. The van der Waals surface area contributed by atoms with Gasteiger partial charge in [-0.25, -0.2) is 0 Å². The van der Waals surface area contributed by atoms with Crippen molar-refractivity contribution in [3.05, 3.63) is 24.3 Å². The lowest BCUT2D eigenvalue weighted by atomic mass is 9.80. The third kappa shape index (κ3) is 8.26. The number of carbonyl (C=O) groups is 1. The van der Waals surface area contributed by atoms with Crippen LogP contribution < -0.4 is 0 Å². The van der Waals surface area contributed by atoms with Crippen molar-refractivity contribution >= 4 is 17.6 Å². The molecule has 0 heterocycles. The summed E-state index contributed by atoms with van der Waals surface area (Å²) in [5, 5.41) is 20.9. The first-order valence-corrected chi connectivity index (χ1v) is 11.1. The van der Waals surface area contributed by atoms with Crippen molar-refractivity contribution in [3.63, 3.8) is 0 Å². The maximum atomic E-state index is 11.1. The Bertz CT molecular complexity index is 515. The third-order valence-electron chi connectivity index (χ3n) is 5.92. The molecule has 0 aromatic rings. The number of halogens is 1. The molecule has 1 aliphatic carbocycles. The van der Waals surface area contributed by atoms with Crippen LogP contribution in [-0.2, 0) is 9.53 Å². The van der Waals surface area contributed by atoms with Crippen molar-refractivity contribution in [2.24, 2.45) is 17.3 Å². The van der Waals surface area contributed by atoms with Crippen LogP contribution in [-0.4, -0.2) is 40.9 Å². The lowest BCUT2D eigenvalue weighted by Gasteiger charge is -2.29. The van der Waals surface area contributed by atoms with E-state index >= 15 is 0 Å². The summed E-state index contributed by atoms with van der Waals surface area (Å²) in [6.07, 6.45) is 13.5. The minimum atomic E-state index is -0.532. The summed E-state index contributed by atoms with van der Waals surface area (Å²) in [5.41, 5.74) is -0.175. The van der Waals surface area contributed by atoms with E-state index in [0.717, 1.165) is 38.5 Å². The molecule has 0 aromatic heterocycles. The van der Waals surface area contributed by atoms with Crippen LogP contribution in [0.25, 0.3) is 0 Å². The zero-order chi connectivity index (χ0) is 21.2. The molecular formula is C23H39ClO4. The molecule has 2 N–H and O–H groups in total. The summed E-state index contributed by atoms with van der Waals surface area (Å²) < 4.78 is 4.63. The Labute approximate surface area is 176 Å². The SMILES string of the molecule is CCCCC(C)(C)[C@H](O)/C=C/[C@@H]1[C@@H](C/C=C\CCCC(=O)OC)[C@H](Cl)C[C@H]1O. The normalized spacial score (nSPS) is 27.0. The first-order valence-electron chi connectivity index (χ1n) is 10.6. The maximum Gasteiger partial charge on any atom is 0.305 e. The van der Waals surface area contributed by atoms with Gasteiger partial charge in [0, 0.05) is 17.7 Å². The molecule has 162 valence electrons. The fraction of sp³-hybridized carbons (Fsp3) is 0.783. The van der Waals surface area contributed by atoms with Crippen molar-refractivity contribution in [3.8, 4) is 0 Å². The van der Waals surface area contributed by atoms with Crippen LogP contribution in [0.3, 0.4) is 0 Å². The van der Waals surface area contributed by atoms with Gasteiger partial charge in [-0.2, -0.15) is 0 Å². The molecule has 28 heavy (non-hydrogen) atoms. The van der Waals surface area contributed by atoms with E-state index in [-0.39, 0.29) is 28.6 Å². The summed E-state index contributed by atoms with van der Waals surface area (Å²) in [7, 11) is 1.40. The van der Waals surface area contributed by atoms with Gasteiger partial charge in [0.25, 0.3) is 0 Å². The van der Waals surface area contributed by atoms with Crippen molar-refractivity contribution in [1.82, 2.24) is 0 Å². The standard InChI is InChI=1S/C23H39ClO4/c1-5-6-15-23(2,3)21(26)14-13-18-17(19(24)16-20(18)25)11-9-7-8-10-12-22(27)28-4/h7,9,13-14,17-21,25-26H,5-6,8,10-12,15-16H2,1-4H3/b9-7-,14-13+/t17-,18-,19-,20-,21-/m1/s1. The smallest absolute Gasteiger partial charge is 0.305 e. The highest BCUT2D eigenvalue weighted by Gasteiger charge is 2.39. The summed E-state index contributed by atoms with van der Waals surface area (Å²) in [6.45, 7) is 6.32. The van der Waals surface area contributed by atoms with Crippen molar-refractivity contribution < 1.29 is 19.7 Å². The van der Waals surface area contributed by atoms with E-state index in [1.807, 2.05) is 12.2 Å². The van der Waals surface area contributed by atoms with E-state index in [1.54, 1.807) is 0 Å². The second kappa shape index (κ2) is 12.7. The average Bonchev–Trinajstić information content (AvgIpc) is 2.93. The number of carbonyl (C=O) groups excluding carboxylic acids is 1. The van der Waals surface area contributed by atoms with Crippen LogP contribution in [0.2, 0.25) is 0 Å². The fourth-order valence-electron chi connectivity index (χ4n) is 3.78. The van der Waals surface area contributed by atoms with Gasteiger partial charge < -0.3 is 14.9 Å². The average molecular weight is 415 g/mol. The first kappa shape index (κ1) is 25.2. The zero-order valence-corrected chi connectivity index (χ0v) is 18.7. The number of hydrogen-bond acceptors (Lipinski definition) is 4. The van der Waals surface area contributed by atoms with Gasteiger partial charge in [-0.15, -0.1) is 11.6 Å². The molecule has 5 atom stereocenters. The quantitative estimate of drug-likeness (QED) is 0.204. The van der Waals surface area contributed by atoms with E-state index in [9.17, 15) is 15.0 Å². The van der Waals surface area contributed by atoms with E-state index in [4.69, 9.17) is 11.6 Å². The summed E-state index contributed by atoms with van der Waals surface area (Å²) >= 11 is 6.49. The first-order chi connectivity index (χ1) is 13.2. The molecule has 0 aliphatic heterocycles. The van der Waals surface area contributed by atoms with Gasteiger partial charge in [-0.1, -0.05) is 57.9 Å². The Morgan fingerprint density at radius 3 is 2.68 bits per heavy atom. The predicted molar refractivity (Wildman–Crippen MR) is 115 cm³/mol. The summed E-state index contributed by atoms with van der Waals surface area (Å²) in [6, 6.07) is 0. The van der Waals surface area contributed by atoms with Crippen molar-refractivity contribution in [1.29, 1.82) is 0 Å². The molecular weight excluding hydrogens is 376 g/mol. The van der Waals surface area contributed by atoms with Crippen molar-refractivity contribution in [2.45, 2.75) is 89.7 Å². The number of aliphatic hydroxyl groups excluding tert-OH is 2. The largest absolute Gasteiger partial charge is 0.469 e. The predicted octanol–water partition coefficient (Wildman–Crippen LogP) is 5.01. The van der Waals surface area contributed by atoms with Crippen LogP contribution in [0.4, 0.5) is 0 Å². The highest BCUT2D eigenvalue weighted by molar-refractivity contribution is 6.21. The Hall–Kier alpha value is -0.840. The van der Waals surface area contributed by atoms with Gasteiger partial charge in [0.1, 0.15) is 0 Å². The van der Waals surface area contributed by atoms with Gasteiger partial charge in [0.05, 0.1) is 19.3 Å². The maximum absolute atomic E-state index is 11.1. The van der Waals surface area contributed by atoms with E-state index in [1.165, 1.54) is 7.11 Å². The number of esters is 1. The van der Waals surface area contributed by atoms with Gasteiger partial charge >= 0.3 is 5.97 Å². The second-order valence-corrected chi connectivity index (χ2v) is 9.22. The van der Waals surface area contributed by atoms with Gasteiger partial charge in [0.15, 0.2) is 0 Å². The molecule has 1 saturated carbocycles. The Morgan fingerprint density at radius 2 is 2.04 bits per heavy atom. The molecule has 1 rings (SSSR count). The molecule has 0 saturated heterocycles. The molecule has 0 bridgehead atoms. The Morgan fingerprint density at radius 1 is 1.32 bits per heavy atom. The van der Waals surface area contributed by atoms with Gasteiger partial charge in [0.2, 0.25) is 0 Å². The number of methoxy groups -OCH3 is 1. The zero-order valence-electron chi connectivity index (χ0n) is 17.9. The molecule has 5 heteroatoms. The van der Waals surface area contributed by atoms with Gasteiger partial charge in [-0.3, -0.25) is 4.79 Å². The van der Waals surface area contributed by atoms with Crippen LogP contribution in [0, 0.1) is 17.3 Å². The fourth-order valence-corrected chi connectivity index (χ4v) is 4.23. The molecule has 4 nitrogen and oxygen atoms in total. The van der Waals surface area contributed by atoms with Crippen LogP contribution in [0.15, 0.2) is 24.3 Å². The minimum absolute atomic E-state index is 0.0427. The highest BCUT2D eigenvalue weighted by Crippen LogP contribution is 2.40. The molecule has 0 spiro atoms. The monoisotopic (exact) mass is 414 g/mol. The molecule has 1 aliphatic rings. The van der Waals surface area contributed by atoms with E-state index in [2.05, 4.69) is 37.7 Å². The van der Waals surface area contributed by atoms with Crippen LogP contribution in [0.5, 0.6) is 0 Å². The highest BCUT2D eigenvalue weighted by atomic mass is 35.5. The number of allylic oxidation sites excluding steroid dienone is 2. The number of rotatable bonds is 12. The minimum Gasteiger partial charge on any atom is -0.469 e. The van der Waals surface area contributed by atoms with Crippen LogP contribution >= 0.6 is 11.6 Å². The van der Waals surface area contributed by atoms with Gasteiger partial charge in [-0.05, 0) is 43.4 Å². The molecule has 0 amide bonds. The summed E-state index contributed by atoms with van der Waals surface area (Å²) in [5.74, 6) is -0.0756. The number of alkyl halides is 1.